The van der Waals surface area contributed by atoms with Crippen molar-refractivity contribution in [3.8, 4) is 11.5 Å². The minimum Gasteiger partial charge on any atom is -0.462 e. The lowest BCUT2D eigenvalue weighted by molar-refractivity contribution is 0.0506. The molecular formula is C20H20ClN3O4. The number of aryl methyl sites for hydroxylation is 1. The Morgan fingerprint density at radius 1 is 1.21 bits per heavy atom. The fraction of sp³-hybridized carbons (Fsp3) is 0.250. The number of ether oxygens (including phenoxy) is 3. The van der Waals surface area contributed by atoms with Crippen molar-refractivity contribution in [3.05, 3.63) is 47.8 Å². The Bertz CT molecular complexity index is 1030. The van der Waals surface area contributed by atoms with Crippen LogP contribution in [0.5, 0.6) is 11.5 Å². The van der Waals surface area contributed by atoms with Gasteiger partial charge in [0, 0.05) is 29.0 Å². The predicted octanol–water partition coefficient (Wildman–Crippen LogP) is 4.40. The molecule has 3 heterocycles. The molecule has 8 heteroatoms. The van der Waals surface area contributed by atoms with Crippen LogP contribution in [0.15, 0.2) is 36.5 Å². The Hall–Kier alpha value is -3.06. The van der Waals surface area contributed by atoms with Gasteiger partial charge in [-0.05, 0) is 37.6 Å². The van der Waals surface area contributed by atoms with E-state index in [0.29, 0.717) is 35.0 Å². The van der Waals surface area contributed by atoms with Gasteiger partial charge in [0.2, 0.25) is 6.79 Å². The molecule has 7 nitrogen and oxygen atoms in total. The number of benzene rings is 1. The summed E-state index contributed by atoms with van der Waals surface area (Å²) in [6.07, 6.45) is 2.25. The summed E-state index contributed by atoms with van der Waals surface area (Å²) >= 11 is 0. The molecule has 1 aromatic carbocycles. The number of anilines is 2. The number of nitrogens with one attached hydrogen (secondary N) is 1. The highest BCUT2D eigenvalue weighted by atomic mass is 35.5. The number of halogens is 1. The largest absolute Gasteiger partial charge is 0.462 e. The Morgan fingerprint density at radius 3 is 2.86 bits per heavy atom. The number of aromatic nitrogens is 2. The third-order valence-corrected chi connectivity index (χ3v) is 4.17. The Morgan fingerprint density at radius 2 is 2.04 bits per heavy atom. The monoisotopic (exact) mass is 401 g/mol. The molecule has 4 rings (SSSR count). The number of pyridine rings is 2. The van der Waals surface area contributed by atoms with Crippen molar-refractivity contribution in [3.63, 3.8) is 0 Å². The molecular weight excluding hydrogens is 382 g/mol. The summed E-state index contributed by atoms with van der Waals surface area (Å²) in [5.41, 5.74) is 3.14. The standard InChI is InChI=1S/C20H19N3O4.ClH/c1-3-8-25-20(24)15-10-21-19-14(6-4-12(2)22-19)18(15)23-13-5-7-16-17(9-13)27-11-26-16;/h4-7,9-10H,3,8,11H2,1-2H3,(H,21,22,23);1H. The van der Waals surface area contributed by atoms with Crippen LogP contribution < -0.4 is 14.8 Å². The van der Waals surface area contributed by atoms with Gasteiger partial charge in [0.1, 0.15) is 5.56 Å². The van der Waals surface area contributed by atoms with Crippen LogP contribution in [0.1, 0.15) is 29.4 Å². The van der Waals surface area contributed by atoms with Crippen molar-refractivity contribution >= 4 is 40.8 Å². The molecule has 3 aromatic rings. The molecule has 0 amide bonds. The summed E-state index contributed by atoms with van der Waals surface area (Å²) < 4.78 is 16.1. The second kappa shape index (κ2) is 8.31. The highest BCUT2D eigenvalue weighted by Gasteiger charge is 2.19. The summed E-state index contributed by atoms with van der Waals surface area (Å²) in [6.45, 7) is 4.40. The SMILES string of the molecule is CCCOC(=O)c1cnc2nc(C)ccc2c1Nc1ccc2c(c1)OCO2.Cl. The third kappa shape index (κ3) is 3.80. The van der Waals surface area contributed by atoms with Crippen molar-refractivity contribution in [1.82, 2.24) is 9.97 Å². The quantitative estimate of drug-likeness (QED) is 0.634. The first-order valence-electron chi connectivity index (χ1n) is 8.76. The van der Waals surface area contributed by atoms with Crippen LogP contribution in [-0.2, 0) is 4.74 Å². The van der Waals surface area contributed by atoms with Crippen molar-refractivity contribution in [1.29, 1.82) is 0 Å². The molecule has 1 aliphatic rings. The van der Waals surface area contributed by atoms with Crippen molar-refractivity contribution < 1.29 is 19.0 Å². The predicted molar refractivity (Wildman–Crippen MR) is 108 cm³/mol. The smallest absolute Gasteiger partial charge is 0.341 e. The fourth-order valence-electron chi connectivity index (χ4n) is 2.85. The number of nitrogens with zero attached hydrogens (tertiary/aromatic N) is 2. The van der Waals surface area contributed by atoms with Crippen LogP contribution >= 0.6 is 12.4 Å². The Kier molecular flexibility index (Phi) is 5.84. The minimum atomic E-state index is -0.421. The highest BCUT2D eigenvalue weighted by Crippen LogP contribution is 2.36. The van der Waals surface area contributed by atoms with Gasteiger partial charge in [0.25, 0.3) is 0 Å². The maximum absolute atomic E-state index is 12.5. The van der Waals surface area contributed by atoms with Gasteiger partial charge in [-0.2, -0.15) is 0 Å². The van der Waals surface area contributed by atoms with E-state index in [2.05, 4.69) is 15.3 Å². The lowest BCUT2D eigenvalue weighted by Crippen LogP contribution is -2.10. The van der Waals surface area contributed by atoms with Crippen LogP contribution in [0, 0.1) is 6.92 Å². The highest BCUT2D eigenvalue weighted by molar-refractivity contribution is 6.05. The van der Waals surface area contributed by atoms with E-state index in [0.717, 1.165) is 23.2 Å². The fourth-order valence-corrected chi connectivity index (χ4v) is 2.85. The summed E-state index contributed by atoms with van der Waals surface area (Å²) in [5.74, 6) is 0.928. The lowest BCUT2D eigenvalue weighted by Gasteiger charge is -2.14. The van der Waals surface area contributed by atoms with Gasteiger partial charge in [0.15, 0.2) is 17.1 Å². The number of hydrogen-bond donors (Lipinski definition) is 1. The van der Waals surface area contributed by atoms with Gasteiger partial charge in [-0.15, -0.1) is 12.4 Å². The van der Waals surface area contributed by atoms with E-state index < -0.39 is 5.97 Å². The van der Waals surface area contributed by atoms with Crippen LogP contribution in [0.3, 0.4) is 0 Å². The minimum absolute atomic E-state index is 0. The molecule has 0 unspecified atom stereocenters. The second-order valence-corrected chi connectivity index (χ2v) is 6.20. The average Bonchev–Trinajstić information content (AvgIpc) is 3.14. The first-order chi connectivity index (χ1) is 13.2. The third-order valence-electron chi connectivity index (χ3n) is 4.17. The van der Waals surface area contributed by atoms with E-state index in [9.17, 15) is 4.79 Å². The Labute approximate surface area is 168 Å². The summed E-state index contributed by atoms with van der Waals surface area (Å²) in [7, 11) is 0. The average molecular weight is 402 g/mol. The van der Waals surface area contributed by atoms with E-state index in [1.165, 1.54) is 6.20 Å². The van der Waals surface area contributed by atoms with Gasteiger partial charge < -0.3 is 19.5 Å². The maximum atomic E-state index is 12.5. The van der Waals surface area contributed by atoms with Gasteiger partial charge in [-0.1, -0.05) is 6.92 Å². The van der Waals surface area contributed by atoms with Crippen LogP contribution in [-0.4, -0.2) is 29.3 Å². The topological polar surface area (TPSA) is 82.6 Å². The van der Waals surface area contributed by atoms with E-state index in [1.807, 2.05) is 44.2 Å². The molecule has 2 aromatic heterocycles. The summed E-state index contributed by atoms with van der Waals surface area (Å²) in [4.78, 5) is 21.3. The van der Waals surface area contributed by atoms with E-state index >= 15 is 0 Å². The number of carbonyl (C=O) groups is 1. The molecule has 0 bridgehead atoms. The molecule has 0 saturated heterocycles. The van der Waals surface area contributed by atoms with Gasteiger partial charge in [0.05, 0.1) is 12.3 Å². The molecule has 0 aliphatic carbocycles. The number of rotatable bonds is 5. The lowest BCUT2D eigenvalue weighted by atomic mass is 10.1. The number of fused-ring (bicyclic) bond motifs is 2. The second-order valence-electron chi connectivity index (χ2n) is 6.20. The van der Waals surface area contributed by atoms with E-state index in [1.54, 1.807) is 0 Å². The molecule has 0 atom stereocenters. The van der Waals surface area contributed by atoms with Crippen molar-refractivity contribution in [2.45, 2.75) is 20.3 Å². The van der Waals surface area contributed by atoms with Gasteiger partial charge >= 0.3 is 5.97 Å². The zero-order valence-electron chi connectivity index (χ0n) is 15.5. The maximum Gasteiger partial charge on any atom is 0.341 e. The molecule has 28 heavy (non-hydrogen) atoms. The molecule has 0 radical (unpaired) electrons. The number of carbonyl (C=O) groups excluding carboxylic acids is 1. The zero-order valence-corrected chi connectivity index (χ0v) is 16.3. The molecule has 0 saturated carbocycles. The first-order valence-corrected chi connectivity index (χ1v) is 8.76. The summed E-state index contributed by atoms with van der Waals surface area (Å²) in [6, 6.07) is 9.30. The molecule has 1 aliphatic heterocycles. The first kappa shape index (κ1) is 19.7. The van der Waals surface area contributed by atoms with Crippen LogP contribution in [0.4, 0.5) is 11.4 Å². The van der Waals surface area contributed by atoms with Gasteiger partial charge in [-0.25, -0.2) is 14.8 Å². The van der Waals surface area contributed by atoms with E-state index in [4.69, 9.17) is 14.2 Å². The zero-order chi connectivity index (χ0) is 18.8. The molecule has 146 valence electrons. The Balaban J connectivity index is 0.00000225. The van der Waals surface area contributed by atoms with Gasteiger partial charge in [-0.3, -0.25) is 0 Å². The van der Waals surface area contributed by atoms with Crippen LogP contribution in [0.2, 0.25) is 0 Å². The number of hydrogen-bond acceptors (Lipinski definition) is 7. The van der Waals surface area contributed by atoms with Crippen molar-refractivity contribution in [2.24, 2.45) is 0 Å². The summed E-state index contributed by atoms with van der Waals surface area (Å²) in [5, 5.41) is 4.05. The van der Waals surface area contributed by atoms with Crippen molar-refractivity contribution in [2.75, 3.05) is 18.7 Å². The molecule has 0 fully saturated rings. The van der Waals surface area contributed by atoms with Crippen LogP contribution in [0.25, 0.3) is 11.0 Å². The normalized spacial score (nSPS) is 11.8. The number of esters is 1. The molecule has 1 N–H and O–H groups in total. The molecule has 0 spiro atoms. The van der Waals surface area contributed by atoms with E-state index in [-0.39, 0.29) is 19.2 Å².